The number of nitrogens with one attached hydrogen (secondary N) is 2. The normalized spacial score (nSPS) is 18.9. The summed E-state index contributed by atoms with van der Waals surface area (Å²) in [4.78, 5) is 28.1. The summed E-state index contributed by atoms with van der Waals surface area (Å²) in [5.74, 6) is 0.655. The molecule has 1 unspecified atom stereocenters. The lowest BCUT2D eigenvalue weighted by Crippen LogP contribution is -2.42. The minimum atomic E-state index is -1.14. The van der Waals surface area contributed by atoms with Gasteiger partial charge in [-0.05, 0) is 131 Å². The van der Waals surface area contributed by atoms with Crippen molar-refractivity contribution >= 4 is 23.0 Å². The van der Waals surface area contributed by atoms with E-state index in [2.05, 4.69) is 58.5 Å². The first kappa shape index (κ1) is 31.7. The van der Waals surface area contributed by atoms with Gasteiger partial charge in [0, 0.05) is 37.3 Å². The molecule has 2 aromatic rings. The lowest BCUT2D eigenvalue weighted by Gasteiger charge is -2.34. The van der Waals surface area contributed by atoms with Crippen molar-refractivity contribution in [2.24, 2.45) is 11.8 Å². The quantitative estimate of drug-likeness (QED) is 0.286. The van der Waals surface area contributed by atoms with Crippen molar-refractivity contribution in [2.45, 2.75) is 71.4 Å². The third-order valence-electron chi connectivity index (χ3n) is 8.66. The maximum atomic E-state index is 14.0. The van der Waals surface area contributed by atoms with Crippen LogP contribution in [0, 0.1) is 11.8 Å². The highest BCUT2D eigenvalue weighted by atomic mass is 19.1. The minimum Gasteiger partial charge on any atom is -0.385 e. The van der Waals surface area contributed by atoms with Crippen molar-refractivity contribution in [1.29, 1.82) is 0 Å². The number of nitrogens with zero attached hydrogens (tertiary/aromatic N) is 1. The summed E-state index contributed by atoms with van der Waals surface area (Å²) in [6, 6.07) is 14.5. The summed E-state index contributed by atoms with van der Waals surface area (Å²) in [6.07, 6.45) is 8.11. The number of hydrogen-bond donors (Lipinski definition) is 2. The molecule has 2 N–H and O–H groups in total. The Labute approximate surface area is 251 Å². The van der Waals surface area contributed by atoms with Crippen molar-refractivity contribution < 1.29 is 14.0 Å². The van der Waals surface area contributed by atoms with Crippen molar-refractivity contribution in [3.05, 3.63) is 71.8 Å². The minimum absolute atomic E-state index is 0.0379. The molecule has 2 aliphatic rings. The van der Waals surface area contributed by atoms with E-state index in [1.807, 2.05) is 19.1 Å². The molecule has 1 saturated heterocycles. The number of likely N-dealkylation sites (tertiary alicyclic amines) is 1. The number of carbonyl (C=O) groups is 2. The Balaban J connectivity index is 1.39. The third-order valence-corrected chi connectivity index (χ3v) is 8.66. The number of halogens is 1. The van der Waals surface area contributed by atoms with E-state index in [9.17, 15) is 14.0 Å². The molecular formula is C36H48FN3O2. The topological polar surface area (TPSA) is 61.4 Å². The average molecular weight is 574 g/mol. The monoisotopic (exact) mass is 573 g/mol. The van der Waals surface area contributed by atoms with Crippen LogP contribution < -0.4 is 10.6 Å². The molecule has 42 heavy (non-hydrogen) atoms. The second-order valence-corrected chi connectivity index (χ2v) is 12.8. The van der Waals surface area contributed by atoms with Gasteiger partial charge < -0.3 is 15.5 Å². The van der Waals surface area contributed by atoms with E-state index in [1.165, 1.54) is 0 Å². The Morgan fingerprint density at radius 2 is 1.69 bits per heavy atom. The van der Waals surface area contributed by atoms with Gasteiger partial charge in [0.15, 0.2) is 5.78 Å². The number of allylic oxidation sites excluding steroid dienone is 3. The molecule has 0 aromatic heterocycles. The van der Waals surface area contributed by atoms with Gasteiger partial charge in [-0.15, -0.1) is 0 Å². The zero-order valence-corrected chi connectivity index (χ0v) is 25.9. The fourth-order valence-electron chi connectivity index (χ4n) is 6.26. The zero-order chi connectivity index (χ0) is 30.3. The van der Waals surface area contributed by atoms with Crippen LogP contribution in [0.25, 0.3) is 16.7 Å². The van der Waals surface area contributed by atoms with Gasteiger partial charge in [0.2, 0.25) is 5.91 Å². The van der Waals surface area contributed by atoms with Crippen LogP contribution >= 0.6 is 0 Å². The molecule has 0 spiro atoms. The standard InChI is InChI=1S/C36H48FN3O2/c1-25(2)33-22-30(14-17-32(33)34(41)28-8-6-7-9-29(11-10-28)35(42)38-5)27-12-15-31(16-13-27)39-23-26-18-20-40(21-19-26)24-36(3,4)37/h8,12-17,22,26,29,39H,1,6-7,9-11,18-21,23-24H2,2-5H3,(H,38,42). The van der Waals surface area contributed by atoms with Crippen LogP contribution in [0.3, 0.4) is 0 Å². The SMILES string of the molecule is C=C(C)c1cc(-c2ccc(NCC3CCN(CC(C)(C)F)CC3)cc2)ccc1C(=O)C1=CCCCC(C(=O)NC)CC1. The molecular weight excluding hydrogens is 525 g/mol. The number of rotatable bonds is 10. The van der Waals surface area contributed by atoms with E-state index in [0.29, 0.717) is 30.9 Å². The van der Waals surface area contributed by atoms with Crippen molar-refractivity contribution in [2.75, 3.05) is 38.5 Å². The number of Topliss-reactive ketones (excluding diaryl/α,β-unsaturated/α-hetero) is 1. The Hall–Kier alpha value is -3.25. The van der Waals surface area contributed by atoms with Gasteiger partial charge in [0.25, 0.3) is 0 Å². The van der Waals surface area contributed by atoms with Crippen molar-refractivity contribution in [3.63, 3.8) is 0 Å². The second kappa shape index (κ2) is 14.3. The lowest BCUT2D eigenvalue weighted by atomic mass is 9.85. The van der Waals surface area contributed by atoms with E-state index in [1.54, 1.807) is 20.9 Å². The number of alkyl halides is 1. The van der Waals surface area contributed by atoms with Gasteiger partial charge in [-0.3, -0.25) is 9.59 Å². The molecule has 1 aliphatic carbocycles. The molecule has 2 aromatic carbocycles. The molecule has 1 atom stereocenters. The first-order chi connectivity index (χ1) is 20.0. The van der Waals surface area contributed by atoms with E-state index in [0.717, 1.165) is 85.3 Å². The number of ketones is 1. The van der Waals surface area contributed by atoms with Gasteiger partial charge in [0.1, 0.15) is 5.67 Å². The Morgan fingerprint density at radius 1 is 1.00 bits per heavy atom. The van der Waals surface area contributed by atoms with Crippen LogP contribution in [-0.4, -0.2) is 55.5 Å². The van der Waals surface area contributed by atoms with Crippen LogP contribution in [0.1, 0.15) is 81.6 Å². The molecule has 1 fully saturated rings. The molecule has 226 valence electrons. The van der Waals surface area contributed by atoms with E-state index in [-0.39, 0.29) is 17.6 Å². The Morgan fingerprint density at radius 3 is 2.33 bits per heavy atom. The van der Waals surface area contributed by atoms with E-state index >= 15 is 0 Å². The number of benzene rings is 2. The van der Waals surface area contributed by atoms with Gasteiger partial charge in [-0.2, -0.15) is 0 Å². The van der Waals surface area contributed by atoms with Crippen molar-refractivity contribution in [3.8, 4) is 11.1 Å². The summed E-state index contributed by atoms with van der Waals surface area (Å²) in [6.45, 7) is 12.8. The smallest absolute Gasteiger partial charge is 0.222 e. The summed E-state index contributed by atoms with van der Waals surface area (Å²) >= 11 is 0. The molecule has 6 heteroatoms. The van der Waals surface area contributed by atoms with E-state index < -0.39 is 5.67 Å². The van der Waals surface area contributed by atoms with Gasteiger partial charge >= 0.3 is 0 Å². The van der Waals surface area contributed by atoms with Gasteiger partial charge in [-0.1, -0.05) is 36.4 Å². The highest BCUT2D eigenvalue weighted by Gasteiger charge is 2.26. The van der Waals surface area contributed by atoms with Gasteiger partial charge in [0.05, 0.1) is 0 Å². The first-order valence-corrected chi connectivity index (χ1v) is 15.5. The Bertz CT molecular complexity index is 1280. The van der Waals surface area contributed by atoms with Crippen LogP contribution in [0.4, 0.5) is 10.1 Å². The fraction of sp³-hybridized carbons (Fsp3) is 0.500. The summed E-state index contributed by atoms with van der Waals surface area (Å²) in [5, 5.41) is 6.35. The fourth-order valence-corrected chi connectivity index (χ4v) is 6.26. The highest BCUT2D eigenvalue weighted by molar-refractivity contribution is 6.11. The zero-order valence-electron chi connectivity index (χ0n) is 25.9. The number of piperidine rings is 1. The molecule has 0 bridgehead atoms. The summed E-state index contributed by atoms with van der Waals surface area (Å²) < 4.78 is 14.0. The molecule has 5 nitrogen and oxygen atoms in total. The highest BCUT2D eigenvalue weighted by Crippen LogP contribution is 2.31. The lowest BCUT2D eigenvalue weighted by molar-refractivity contribution is -0.124. The predicted octanol–water partition coefficient (Wildman–Crippen LogP) is 7.69. The number of carbonyl (C=O) groups excluding carboxylic acids is 2. The molecule has 4 rings (SSSR count). The van der Waals surface area contributed by atoms with E-state index in [4.69, 9.17) is 0 Å². The van der Waals surface area contributed by atoms with Crippen LogP contribution in [0.5, 0.6) is 0 Å². The summed E-state index contributed by atoms with van der Waals surface area (Å²) in [7, 11) is 1.68. The maximum Gasteiger partial charge on any atom is 0.222 e. The molecule has 0 radical (unpaired) electrons. The number of hydrogen-bond acceptors (Lipinski definition) is 4. The molecule has 1 heterocycles. The molecule has 0 saturated carbocycles. The molecule has 1 amide bonds. The first-order valence-electron chi connectivity index (χ1n) is 15.5. The Kier molecular flexibility index (Phi) is 10.8. The van der Waals surface area contributed by atoms with Crippen LogP contribution in [-0.2, 0) is 4.79 Å². The largest absolute Gasteiger partial charge is 0.385 e. The molecule has 1 aliphatic heterocycles. The number of amides is 1. The summed E-state index contributed by atoms with van der Waals surface area (Å²) in [5.41, 5.74) is 5.28. The maximum absolute atomic E-state index is 14.0. The van der Waals surface area contributed by atoms with Crippen LogP contribution in [0.2, 0.25) is 0 Å². The van der Waals surface area contributed by atoms with Crippen molar-refractivity contribution in [1.82, 2.24) is 10.2 Å². The third kappa shape index (κ3) is 8.64. The predicted molar refractivity (Wildman–Crippen MR) is 172 cm³/mol. The van der Waals surface area contributed by atoms with Gasteiger partial charge in [-0.25, -0.2) is 4.39 Å². The number of anilines is 1. The van der Waals surface area contributed by atoms with Crippen LogP contribution in [0.15, 0.2) is 60.7 Å². The second-order valence-electron chi connectivity index (χ2n) is 12.8. The average Bonchev–Trinajstić information content (AvgIpc) is 2.95.